The Kier molecular flexibility index (Phi) is 5.79. The second-order valence-corrected chi connectivity index (χ2v) is 5.22. The van der Waals surface area contributed by atoms with Gasteiger partial charge in [-0.05, 0) is 25.7 Å². The summed E-state index contributed by atoms with van der Waals surface area (Å²) in [4.78, 5) is 23.5. The minimum atomic E-state index is -0.850. The molecule has 1 heterocycles. The lowest BCUT2D eigenvalue weighted by atomic mass is 9.82. The molecular formula is C14H25NO4. The van der Waals surface area contributed by atoms with Crippen LogP contribution in [0.3, 0.4) is 0 Å². The van der Waals surface area contributed by atoms with Crippen molar-refractivity contribution in [1.82, 2.24) is 5.32 Å². The van der Waals surface area contributed by atoms with Crippen molar-refractivity contribution in [3.8, 4) is 0 Å². The minimum Gasteiger partial charge on any atom is -0.481 e. The Labute approximate surface area is 114 Å². The number of carboxylic acids is 1. The van der Waals surface area contributed by atoms with Crippen molar-refractivity contribution in [3.63, 3.8) is 0 Å². The number of carbonyl (C=O) groups excluding carboxylic acids is 1. The maximum Gasteiger partial charge on any atom is 0.311 e. The van der Waals surface area contributed by atoms with Gasteiger partial charge in [0.05, 0.1) is 17.4 Å². The van der Waals surface area contributed by atoms with E-state index in [0.717, 1.165) is 12.8 Å². The molecule has 1 rings (SSSR count). The number of aliphatic carboxylic acids is 1. The Balaban J connectivity index is 2.59. The number of hydrogen-bond donors (Lipinski definition) is 2. The highest BCUT2D eigenvalue weighted by molar-refractivity contribution is 5.81. The summed E-state index contributed by atoms with van der Waals surface area (Å²) in [5.41, 5.74) is -0.850. The van der Waals surface area contributed by atoms with Crippen LogP contribution in [0.5, 0.6) is 0 Å². The van der Waals surface area contributed by atoms with Gasteiger partial charge in [0.1, 0.15) is 0 Å². The van der Waals surface area contributed by atoms with E-state index in [4.69, 9.17) is 4.74 Å². The van der Waals surface area contributed by atoms with Crippen LogP contribution in [0.25, 0.3) is 0 Å². The van der Waals surface area contributed by atoms with Gasteiger partial charge in [-0.15, -0.1) is 0 Å². The molecular weight excluding hydrogens is 246 g/mol. The molecule has 1 amide bonds. The van der Waals surface area contributed by atoms with Gasteiger partial charge in [-0.1, -0.05) is 20.8 Å². The lowest BCUT2D eigenvalue weighted by Crippen LogP contribution is -2.45. The SMILES string of the molecule is CCC1OCCC1C(=O)NCC(CC)(CC)C(=O)O. The predicted molar refractivity (Wildman–Crippen MR) is 71.8 cm³/mol. The molecule has 0 aromatic carbocycles. The van der Waals surface area contributed by atoms with Crippen molar-refractivity contribution in [3.05, 3.63) is 0 Å². The van der Waals surface area contributed by atoms with Gasteiger partial charge in [-0.3, -0.25) is 9.59 Å². The van der Waals surface area contributed by atoms with Crippen LogP contribution in [-0.4, -0.2) is 36.2 Å². The molecule has 2 unspecified atom stereocenters. The summed E-state index contributed by atoms with van der Waals surface area (Å²) < 4.78 is 5.49. The third-order valence-corrected chi connectivity index (χ3v) is 4.36. The highest BCUT2D eigenvalue weighted by Crippen LogP contribution is 2.27. The zero-order valence-electron chi connectivity index (χ0n) is 12.1. The normalized spacial score (nSPS) is 23.3. The van der Waals surface area contributed by atoms with Crippen LogP contribution in [0.15, 0.2) is 0 Å². The van der Waals surface area contributed by atoms with E-state index < -0.39 is 11.4 Å². The van der Waals surface area contributed by atoms with Crippen LogP contribution in [0, 0.1) is 11.3 Å². The highest BCUT2D eigenvalue weighted by atomic mass is 16.5. The van der Waals surface area contributed by atoms with Crippen molar-refractivity contribution in [2.45, 2.75) is 52.6 Å². The molecule has 0 bridgehead atoms. The first-order valence-electron chi connectivity index (χ1n) is 7.13. The van der Waals surface area contributed by atoms with Crippen LogP contribution in [0.1, 0.15) is 46.5 Å². The molecule has 1 fully saturated rings. The molecule has 5 heteroatoms. The first-order chi connectivity index (χ1) is 9.00. The molecule has 110 valence electrons. The molecule has 1 saturated heterocycles. The summed E-state index contributed by atoms with van der Waals surface area (Å²) >= 11 is 0. The Bertz CT molecular complexity index is 325. The number of carbonyl (C=O) groups is 2. The first kappa shape index (κ1) is 16.0. The number of amides is 1. The summed E-state index contributed by atoms with van der Waals surface area (Å²) in [6.45, 7) is 6.49. The fourth-order valence-electron chi connectivity index (χ4n) is 2.62. The van der Waals surface area contributed by atoms with Gasteiger partial charge in [0.25, 0.3) is 0 Å². The summed E-state index contributed by atoms with van der Waals surface area (Å²) in [7, 11) is 0. The second-order valence-electron chi connectivity index (χ2n) is 5.22. The Morgan fingerprint density at radius 3 is 2.42 bits per heavy atom. The molecule has 0 saturated carbocycles. The zero-order valence-corrected chi connectivity index (χ0v) is 12.1. The van der Waals surface area contributed by atoms with Gasteiger partial charge >= 0.3 is 5.97 Å². The van der Waals surface area contributed by atoms with Crippen molar-refractivity contribution in [1.29, 1.82) is 0 Å². The molecule has 5 nitrogen and oxygen atoms in total. The average Bonchev–Trinajstić information content (AvgIpc) is 2.88. The molecule has 0 aromatic rings. The van der Waals surface area contributed by atoms with Gasteiger partial charge in [-0.2, -0.15) is 0 Å². The topological polar surface area (TPSA) is 75.6 Å². The van der Waals surface area contributed by atoms with Gasteiger partial charge in [0.2, 0.25) is 5.91 Å². The Morgan fingerprint density at radius 2 is 1.95 bits per heavy atom. The lowest BCUT2D eigenvalue weighted by Gasteiger charge is -2.28. The molecule has 0 radical (unpaired) electrons. The summed E-state index contributed by atoms with van der Waals surface area (Å²) in [5, 5.41) is 12.1. The molecule has 2 N–H and O–H groups in total. The second kappa shape index (κ2) is 6.89. The molecule has 1 aliphatic heterocycles. The monoisotopic (exact) mass is 271 g/mol. The van der Waals surface area contributed by atoms with E-state index in [-0.39, 0.29) is 24.5 Å². The third-order valence-electron chi connectivity index (χ3n) is 4.36. The fraction of sp³-hybridized carbons (Fsp3) is 0.857. The Morgan fingerprint density at radius 1 is 1.32 bits per heavy atom. The lowest BCUT2D eigenvalue weighted by molar-refractivity contribution is -0.149. The number of carboxylic acid groups (broad SMARTS) is 1. The standard InChI is InChI=1S/C14H25NO4/c1-4-11-10(7-8-19-11)12(16)15-9-14(5-2,6-3)13(17)18/h10-11H,4-9H2,1-3H3,(H,15,16)(H,17,18). The van der Waals surface area contributed by atoms with E-state index in [0.29, 0.717) is 19.4 Å². The zero-order chi connectivity index (χ0) is 14.5. The van der Waals surface area contributed by atoms with Crippen LogP contribution in [-0.2, 0) is 14.3 Å². The van der Waals surface area contributed by atoms with Crippen molar-refractivity contribution in [2.24, 2.45) is 11.3 Å². The largest absolute Gasteiger partial charge is 0.481 e. The van der Waals surface area contributed by atoms with E-state index in [9.17, 15) is 14.7 Å². The van der Waals surface area contributed by atoms with E-state index in [2.05, 4.69) is 5.32 Å². The number of hydrogen-bond acceptors (Lipinski definition) is 3. The van der Waals surface area contributed by atoms with Crippen LogP contribution >= 0.6 is 0 Å². The van der Waals surface area contributed by atoms with Crippen molar-refractivity contribution in [2.75, 3.05) is 13.2 Å². The molecule has 0 spiro atoms. The van der Waals surface area contributed by atoms with Crippen LogP contribution in [0.2, 0.25) is 0 Å². The predicted octanol–water partition coefficient (Wildman–Crippen LogP) is 1.81. The molecule has 1 aliphatic rings. The summed E-state index contributed by atoms with van der Waals surface area (Å²) in [5.74, 6) is -1.05. The number of nitrogens with one attached hydrogen (secondary N) is 1. The smallest absolute Gasteiger partial charge is 0.311 e. The maximum atomic E-state index is 12.1. The molecule has 2 atom stereocenters. The van der Waals surface area contributed by atoms with E-state index in [1.165, 1.54) is 0 Å². The molecule has 0 aromatic heterocycles. The van der Waals surface area contributed by atoms with E-state index in [1.807, 2.05) is 20.8 Å². The molecule has 0 aliphatic carbocycles. The summed E-state index contributed by atoms with van der Waals surface area (Å²) in [6.07, 6.45) is 2.53. The average molecular weight is 271 g/mol. The molecule has 19 heavy (non-hydrogen) atoms. The third kappa shape index (κ3) is 3.47. The van der Waals surface area contributed by atoms with Gasteiger partial charge < -0.3 is 15.2 Å². The van der Waals surface area contributed by atoms with E-state index in [1.54, 1.807) is 0 Å². The summed E-state index contributed by atoms with van der Waals surface area (Å²) in [6, 6.07) is 0. The van der Waals surface area contributed by atoms with Crippen molar-refractivity contribution < 1.29 is 19.4 Å². The highest BCUT2D eigenvalue weighted by Gasteiger charge is 2.38. The maximum absolute atomic E-state index is 12.1. The quantitative estimate of drug-likeness (QED) is 0.740. The van der Waals surface area contributed by atoms with Crippen LogP contribution < -0.4 is 5.32 Å². The fourth-order valence-corrected chi connectivity index (χ4v) is 2.62. The van der Waals surface area contributed by atoms with Gasteiger partial charge in [-0.25, -0.2) is 0 Å². The number of ether oxygens (including phenoxy) is 1. The first-order valence-corrected chi connectivity index (χ1v) is 7.13. The van der Waals surface area contributed by atoms with Crippen LogP contribution in [0.4, 0.5) is 0 Å². The Hall–Kier alpha value is -1.10. The minimum absolute atomic E-state index is 0.0255. The van der Waals surface area contributed by atoms with Crippen molar-refractivity contribution >= 4 is 11.9 Å². The number of rotatable bonds is 7. The van der Waals surface area contributed by atoms with Gasteiger partial charge in [0.15, 0.2) is 0 Å². The van der Waals surface area contributed by atoms with Gasteiger partial charge in [0, 0.05) is 13.2 Å². The van der Waals surface area contributed by atoms with E-state index >= 15 is 0 Å².